The molecule has 0 aromatic rings. The molecule has 2 unspecified atom stereocenters. The number of ether oxygens (including phenoxy) is 1. The molecule has 0 spiro atoms. The minimum absolute atomic E-state index is 0.807. The maximum atomic E-state index is 5.06. The Labute approximate surface area is 93.8 Å². The van der Waals surface area contributed by atoms with Crippen molar-refractivity contribution >= 4 is 0 Å². The highest BCUT2D eigenvalue weighted by Crippen LogP contribution is 2.43. The highest BCUT2D eigenvalue weighted by molar-refractivity contribution is 4.87. The molecule has 2 saturated carbocycles. The Kier molecular flexibility index (Phi) is 4.45. The molecule has 2 fully saturated rings. The van der Waals surface area contributed by atoms with Crippen LogP contribution in [0.15, 0.2) is 0 Å². The Hall–Kier alpha value is -0.0800. The van der Waals surface area contributed by atoms with E-state index in [4.69, 9.17) is 4.74 Å². The first-order valence-electron chi connectivity index (χ1n) is 6.62. The zero-order chi connectivity index (χ0) is 10.5. The molecule has 2 heteroatoms. The van der Waals surface area contributed by atoms with E-state index in [0.29, 0.717) is 0 Å². The normalized spacial score (nSPS) is 31.8. The SMILES string of the molecule is COCCCNC1CCCC(C2CC2)C1. The zero-order valence-corrected chi connectivity index (χ0v) is 10.0. The quantitative estimate of drug-likeness (QED) is 0.682. The average Bonchev–Trinajstić information content (AvgIpc) is 3.09. The van der Waals surface area contributed by atoms with E-state index in [2.05, 4.69) is 5.32 Å². The molecule has 0 radical (unpaired) electrons. The summed E-state index contributed by atoms with van der Waals surface area (Å²) in [5, 5.41) is 3.69. The lowest BCUT2D eigenvalue weighted by Crippen LogP contribution is -2.35. The molecule has 0 aromatic carbocycles. The third-order valence-electron chi connectivity index (χ3n) is 3.96. The van der Waals surface area contributed by atoms with E-state index in [9.17, 15) is 0 Å². The Morgan fingerprint density at radius 3 is 2.73 bits per heavy atom. The Bertz CT molecular complexity index is 179. The summed E-state index contributed by atoms with van der Waals surface area (Å²) in [5.41, 5.74) is 0. The van der Waals surface area contributed by atoms with Crippen molar-refractivity contribution in [2.75, 3.05) is 20.3 Å². The molecule has 88 valence electrons. The summed E-state index contributed by atoms with van der Waals surface area (Å²) in [6.07, 6.45) is 9.97. The van der Waals surface area contributed by atoms with E-state index in [1.165, 1.54) is 38.5 Å². The third-order valence-corrected chi connectivity index (χ3v) is 3.96. The second-order valence-corrected chi connectivity index (χ2v) is 5.26. The van der Waals surface area contributed by atoms with Crippen LogP contribution in [0.4, 0.5) is 0 Å². The lowest BCUT2D eigenvalue weighted by Gasteiger charge is -2.30. The standard InChI is InChI=1S/C13H25NO/c1-15-9-3-8-14-13-5-2-4-12(10-13)11-6-7-11/h11-14H,2-10H2,1H3. The summed E-state index contributed by atoms with van der Waals surface area (Å²) in [5.74, 6) is 2.16. The smallest absolute Gasteiger partial charge is 0.0474 e. The van der Waals surface area contributed by atoms with Gasteiger partial charge in [-0.3, -0.25) is 0 Å². The summed E-state index contributed by atoms with van der Waals surface area (Å²) < 4.78 is 5.06. The maximum Gasteiger partial charge on any atom is 0.0474 e. The van der Waals surface area contributed by atoms with E-state index >= 15 is 0 Å². The van der Waals surface area contributed by atoms with Crippen LogP contribution in [0.25, 0.3) is 0 Å². The molecule has 0 aromatic heterocycles. The molecule has 2 aliphatic rings. The molecule has 0 heterocycles. The van der Waals surface area contributed by atoms with E-state index in [1.807, 2.05) is 0 Å². The second-order valence-electron chi connectivity index (χ2n) is 5.26. The molecule has 0 saturated heterocycles. The fraction of sp³-hybridized carbons (Fsp3) is 1.00. The fourth-order valence-corrected chi connectivity index (χ4v) is 2.93. The fourth-order valence-electron chi connectivity index (χ4n) is 2.93. The van der Waals surface area contributed by atoms with Crippen LogP contribution in [-0.2, 0) is 4.74 Å². The third kappa shape index (κ3) is 3.76. The van der Waals surface area contributed by atoms with Crippen LogP contribution in [0.1, 0.15) is 44.9 Å². The topological polar surface area (TPSA) is 21.3 Å². The average molecular weight is 211 g/mol. The minimum atomic E-state index is 0.807. The van der Waals surface area contributed by atoms with Crippen molar-refractivity contribution in [3.05, 3.63) is 0 Å². The van der Waals surface area contributed by atoms with Gasteiger partial charge in [0.1, 0.15) is 0 Å². The molecule has 0 aliphatic heterocycles. The lowest BCUT2D eigenvalue weighted by molar-refractivity contribution is 0.189. The van der Waals surface area contributed by atoms with Crippen molar-refractivity contribution < 1.29 is 4.74 Å². The maximum absolute atomic E-state index is 5.06. The highest BCUT2D eigenvalue weighted by Gasteiger charge is 2.34. The van der Waals surface area contributed by atoms with Gasteiger partial charge in [-0.15, -0.1) is 0 Å². The molecule has 0 amide bonds. The summed E-state index contributed by atoms with van der Waals surface area (Å²) in [6.45, 7) is 2.03. The van der Waals surface area contributed by atoms with Crippen LogP contribution < -0.4 is 5.32 Å². The minimum Gasteiger partial charge on any atom is -0.385 e. The van der Waals surface area contributed by atoms with E-state index in [1.54, 1.807) is 7.11 Å². The van der Waals surface area contributed by atoms with Crippen molar-refractivity contribution in [2.45, 2.75) is 51.0 Å². The predicted molar refractivity (Wildman–Crippen MR) is 63.0 cm³/mol. The van der Waals surface area contributed by atoms with Gasteiger partial charge in [0.05, 0.1) is 0 Å². The Morgan fingerprint density at radius 2 is 2.00 bits per heavy atom. The number of hydrogen-bond donors (Lipinski definition) is 1. The van der Waals surface area contributed by atoms with Gasteiger partial charge in [0.15, 0.2) is 0 Å². The summed E-state index contributed by atoms with van der Waals surface area (Å²) in [7, 11) is 1.78. The second kappa shape index (κ2) is 5.86. The van der Waals surface area contributed by atoms with E-state index < -0.39 is 0 Å². The van der Waals surface area contributed by atoms with Crippen molar-refractivity contribution in [1.82, 2.24) is 5.32 Å². The first-order chi connectivity index (χ1) is 7.40. The van der Waals surface area contributed by atoms with Gasteiger partial charge in [0.25, 0.3) is 0 Å². The van der Waals surface area contributed by atoms with Crippen LogP contribution in [0, 0.1) is 11.8 Å². The van der Waals surface area contributed by atoms with Gasteiger partial charge in [-0.2, -0.15) is 0 Å². The van der Waals surface area contributed by atoms with Crippen LogP contribution in [-0.4, -0.2) is 26.3 Å². The molecule has 2 rings (SSSR count). The lowest BCUT2D eigenvalue weighted by atomic mass is 9.83. The van der Waals surface area contributed by atoms with Gasteiger partial charge in [0, 0.05) is 19.8 Å². The summed E-state index contributed by atoms with van der Waals surface area (Å²) >= 11 is 0. The summed E-state index contributed by atoms with van der Waals surface area (Å²) in [4.78, 5) is 0. The highest BCUT2D eigenvalue weighted by atomic mass is 16.5. The molecule has 15 heavy (non-hydrogen) atoms. The van der Waals surface area contributed by atoms with Crippen molar-refractivity contribution in [1.29, 1.82) is 0 Å². The number of methoxy groups -OCH3 is 1. The van der Waals surface area contributed by atoms with Gasteiger partial charge >= 0.3 is 0 Å². The molecule has 2 nitrogen and oxygen atoms in total. The van der Waals surface area contributed by atoms with Gasteiger partial charge < -0.3 is 10.1 Å². The van der Waals surface area contributed by atoms with Crippen LogP contribution in [0.3, 0.4) is 0 Å². The Morgan fingerprint density at radius 1 is 1.13 bits per heavy atom. The molecular weight excluding hydrogens is 186 g/mol. The molecule has 1 N–H and O–H groups in total. The number of nitrogens with one attached hydrogen (secondary N) is 1. The predicted octanol–water partition coefficient (Wildman–Crippen LogP) is 2.58. The Balaban J connectivity index is 1.59. The molecule has 2 aliphatic carbocycles. The number of rotatable bonds is 6. The zero-order valence-electron chi connectivity index (χ0n) is 10.0. The van der Waals surface area contributed by atoms with Crippen molar-refractivity contribution in [3.63, 3.8) is 0 Å². The van der Waals surface area contributed by atoms with Gasteiger partial charge in [0.2, 0.25) is 0 Å². The van der Waals surface area contributed by atoms with E-state index in [-0.39, 0.29) is 0 Å². The van der Waals surface area contributed by atoms with Gasteiger partial charge in [-0.05, 0) is 50.5 Å². The monoisotopic (exact) mass is 211 g/mol. The molecule has 2 atom stereocenters. The first kappa shape index (κ1) is 11.4. The van der Waals surface area contributed by atoms with Crippen LogP contribution >= 0.6 is 0 Å². The van der Waals surface area contributed by atoms with Crippen molar-refractivity contribution in [3.8, 4) is 0 Å². The van der Waals surface area contributed by atoms with Crippen LogP contribution in [0.2, 0.25) is 0 Å². The molecular formula is C13H25NO. The molecule has 0 bridgehead atoms. The van der Waals surface area contributed by atoms with Gasteiger partial charge in [-0.25, -0.2) is 0 Å². The largest absolute Gasteiger partial charge is 0.385 e. The van der Waals surface area contributed by atoms with Crippen LogP contribution in [0.5, 0.6) is 0 Å². The summed E-state index contributed by atoms with van der Waals surface area (Å²) in [6, 6.07) is 0.807. The van der Waals surface area contributed by atoms with E-state index in [0.717, 1.165) is 37.5 Å². The van der Waals surface area contributed by atoms with Gasteiger partial charge in [-0.1, -0.05) is 12.8 Å². The first-order valence-corrected chi connectivity index (χ1v) is 6.62. The van der Waals surface area contributed by atoms with Crippen molar-refractivity contribution in [2.24, 2.45) is 11.8 Å². The number of hydrogen-bond acceptors (Lipinski definition) is 2.